The second kappa shape index (κ2) is 6.39. The Morgan fingerprint density at radius 1 is 1.35 bits per heavy atom. The molecule has 0 spiro atoms. The molecule has 0 radical (unpaired) electrons. The molecule has 0 aromatic heterocycles. The maximum atomic E-state index is 3.52. The van der Waals surface area contributed by atoms with E-state index in [4.69, 9.17) is 0 Å². The zero-order chi connectivity index (χ0) is 12.1. The van der Waals surface area contributed by atoms with E-state index in [-0.39, 0.29) is 0 Å². The van der Waals surface area contributed by atoms with Crippen molar-refractivity contribution in [3.8, 4) is 11.8 Å². The van der Waals surface area contributed by atoms with Crippen molar-refractivity contribution in [3.05, 3.63) is 22.7 Å². The fourth-order valence-electron chi connectivity index (χ4n) is 2.08. The van der Waals surface area contributed by atoms with Crippen LogP contribution in [0, 0.1) is 17.8 Å². The normalized spacial score (nSPS) is 31.6. The van der Waals surface area contributed by atoms with Gasteiger partial charge in [-0.05, 0) is 7.05 Å². The third kappa shape index (κ3) is 4.31. The van der Waals surface area contributed by atoms with Crippen LogP contribution in [0.4, 0.5) is 0 Å². The lowest BCUT2D eigenvalue weighted by Gasteiger charge is -2.33. The predicted octanol–water partition coefficient (Wildman–Crippen LogP) is 2.09. The third-order valence-corrected chi connectivity index (χ3v) is 3.81. The van der Waals surface area contributed by atoms with E-state index in [1.807, 2.05) is 0 Å². The van der Waals surface area contributed by atoms with Crippen molar-refractivity contribution in [2.24, 2.45) is 5.92 Å². The molecule has 2 rings (SSSR count). The molecule has 1 heterocycles. The van der Waals surface area contributed by atoms with E-state index in [1.165, 1.54) is 26.2 Å². The highest BCUT2D eigenvalue weighted by Gasteiger charge is 2.16. The molecule has 0 N–H and O–H groups in total. The van der Waals surface area contributed by atoms with Gasteiger partial charge in [0.05, 0.1) is 5.92 Å². The second-order valence-corrected chi connectivity index (χ2v) is 5.60. The summed E-state index contributed by atoms with van der Waals surface area (Å²) in [6.07, 6.45) is 7.30. The molecule has 0 aromatic rings. The van der Waals surface area contributed by atoms with Crippen molar-refractivity contribution in [1.29, 1.82) is 0 Å². The zero-order valence-corrected chi connectivity index (χ0v) is 11.9. The van der Waals surface area contributed by atoms with Crippen LogP contribution in [0.5, 0.6) is 0 Å². The molecular weight excluding hydrogens is 276 g/mol. The van der Waals surface area contributed by atoms with E-state index < -0.39 is 0 Å². The molecule has 1 unspecified atom stereocenters. The Balaban J connectivity index is 1.89. The summed E-state index contributed by atoms with van der Waals surface area (Å²) in [4.78, 5) is 4.90. The summed E-state index contributed by atoms with van der Waals surface area (Å²) >= 11 is 3.52. The average molecular weight is 295 g/mol. The van der Waals surface area contributed by atoms with E-state index in [0.29, 0.717) is 5.92 Å². The van der Waals surface area contributed by atoms with Crippen LogP contribution in [0.15, 0.2) is 22.7 Å². The number of nitrogens with zero attached hydrogens (tertiary/aromatic N) is 2. The van der Waals surface area contributed by atoms with Crippen LogP contribution in [-0.2, 0) is 0 Å². The Morgan fingerprint density at radius 3 is 2.88 bits per heavy atom. The molecule has 17 heavy (non-hydrogen) atoms. The Hall–Kier alpha value is -0.560. The Bertz CT molecular complexity index is 367. The summed E-state index contributed by atoms with van der Waals surface area (Å²) in [7, 11) is 2.19. The Labute approximate surface area is 112 Å². The summed E-state index contributed by atoms with van der Waals surface area (Å²) in [6.45, 7) is 5.75. The van der Waals surface area contributed by atoms with Crippen LogP contribution in [0.3, 0.4) is 0 Å². The molecule has 0 bridgehead atoms. The summed E-state index contributed by atoms with van der Waals surface area (Å²) < 4.78 is 1.15. The summed E-state index contributed by atoms with van der Waals surface area (Å²) in [5.41, 5.74) is 0. The van der Waals surface area contributed by atoms with Gasteiger partial charge >= 0.3 is 0 Å². The van der Waals surface area contributed by atoms with E-state index in [1.54, 1.807) is 0 Å². The third-order valence-electron chi connectivity index (χ3n) is 3.23. The van der Waals surface area contributed by atoms with Crippen molar-refractivity contribution in [2.45, 2.75) is 6.42 Å². The highest BCUT2D eigenvalue weighted by Crippen LogP contribution is 2.13. The average Bonchev–Trinajstić information content (AvgIpc) is 2.31. The Morgan fingerprint density at radius 2 is 2.12 bits per heavy atom. The first-order chi connectivity index (χ1) is 8.24. The molecule has 1 atom stereocenters. The van der Waals surface area contributed by atoms with Crippen LogP contribution in [-0.4, -0.2) is 49.6 Å². The minimum Gasteiger partial charge on any atom is -0.304 e. The van der Waals surface area contributed by atoms with Gasteiger partial charge < -0.3 is 4.90 Å². The van der Waals surface area contributed by atoms with Gasteiger partial charge in [0.25, 0.3) is 0 Å². The van der Waals surface area contributed by atoms with E-state index in [0.717, 1.165) is 17.4 Å². The smallest absolute Gasteiger partial charge is 0.0513 e. The molecule has 1 fully saturated rings. The largest absolute Gasteiger partial charge is 0.304 e. The molecule has 92 valence electrons. The maximum absolute atomic E-state index is 3.52. The summed E-state index contributed by atoms with van der Waals surface area (Å²) in [5.74, 6) is 6.94. The van der Waals surface area contributed by atoms with Crippen molar-refractivity contribution >= 4 is 15.9 Å². The molecule has 0 amide bonds. The number of rotatable bonds is 2. The van der Waals surface area contributed by atoms with Gasteiger partial charge in [-0.25, -0.2) is 0 Å². The number of halogens is 1. The standard InChI is InChI=1S/C14H19BrN2/c1-16-8-10-17(11-9-16)12-13-4-2-3-5-14(15)7-6-13/h5-7,13H,3,8-12H2,1H3/b7-6-,14-5+. The van der Waals surface area contributed by atoms with Crippen LogP contribution >= 0.6 is 15.9 Å². The summed E-state index contributed by atoms with van der Waals surface area (Å²) in [6, 6.07) is 0. The van der Waals surface area contributed by atoms with Crippen LogP contribution < -0.4 is 0 Å². The van der Waals surface area contributed by atoms with Gasteiger partial charge in [0.15, 0.2) is 0 Å². The zero-order valence-electron chi connectivity index (χ0n) is 10.3. The molecule has 3 heteroatoms. The number of hydrogen-bond acceptors (Lipinski definition) is 2. The van der Waals surface area contributed by atoms with Gasteiger partial charge in [-0.2, -0.15) is 0 Å². The minimum absolute atomic E-state index is 0.375. The maximum Gasteiger partial charge on any atom is 0.0513 e. The number of allylic oxidation sites excluding steroid dienone is 3. The van der Waals surface area contributed by atoms with Crippen LogP contribution in [0.2, 0.25) is 0 Å². The number of hydrogen-bond donors (Lipinski definition) is 0. The first kappa shape index (κ1) is 12.9. The molecule has 2 nitrogen and oxygen atoms in total. The monoisotopic (exact) mass is 294 g/mol. The van der Waals surface area contributed by atoms with Gasteiger partial charge in [-0.15, -0.1) is 0 Å². The first-order valence-electron chi connectivity index (χ1n) is 6.17. The highest BCUT2D eigenvalue weighted by atomic mass is 79.9. The minimum atomic E-state index is 0.375. The molecule has 0 saturated carbocycles. The van der Waals surface area contributed by atoms with Crippen LogP contribution in [0.25, 0.3) is 0 Å². The molecule has 1 saturated heterocycles. The Kier molecular flexibility index (Phi) is 4.85. The van der Waals surface area contributed by atoms with E-state index >= 15 is 0 Å². The quantitative estimate of drug-likeness (QED) is 0.720. The lowest BCUT2D eigenvalue weighted by Crippen LogP contribution is -2.45. The van der Waals surface area contributed by atoms with Gasteiger partial charge in [-0.1, -0.05) is 46.0 Å². The van der Waals surface area contributed by atoms with Gasteiger partial charge in [0.1, 0.15) is 0 Å². The predicted molar refractivity (Wildman–Crippen MR) is 76.0 cm³/mol. The first-order valence-corrected chi connectivity index (χ1v) is 6.96. The highest BCUT2D eigenvalue weighted by molar-refractivity contribution is 9.11. The van der Waals surface area contributed by atoms with Gasteiger partial charge in [0, 0.05) is 43.6 Å². The van der Waals surface area contributed by atoms with E-state index in [2.05, 4.69) is 62.8 Å². The van der Waals surface area contributed by atoms with Crippen molar-refractivity contribution < 1.29 is 0 Å². The van der Waals surface area contributed by atoms with Crippen LogP contribution in [0.1, 0.15) is 6.42 Å². The molecule has 1 aliphatic heterocycles. The van der Waals surface area contributed by atoms with E-state index in [9.17, 15) is 0 Å². The molecule has 2 aliphatic rings. The van der Waals surface area contributed by atoms with Crippen molar-refractivity contribution in [3.63, 3.8) is 0 Å². The van der Waals surface area contributed by atoms with Crippen molar-refractivity contribution in [1.82, 2.24) is 9.80 Å². The molecule has 1 aliphatic carbocycles. The second-order valence-electron chi connectivity index (χ2n) is 4.68. The lowest BCUT2D eigenvalue weighted by atomic mass is 10.1. The molecule has 0 aromatic carbocycles. The molecular formula is C14H19BrN2. The SMILES string of the molecule is CN1CCN(CC2C#CC/C=C(Br)\C=C/2)CC1. The number of piperazine rings is 1. The van der Waals surface area contributed by atoms with Gasteiger partial charge in [0.2, 0.25) is 0 Å². The van der Waals surface area contributed by atoms with Gasteiger partial charge in [-0.3, -0.25) is 4.90 Å². The lowest BCUT2D eigenvalue weighted by molar-refractivity contribution is 0.149. The fourth-order valence-corrected chi connectivity index (χ4v) is 2.39. The fraction of sp³-hybridized carbons (Fsp3) is 0.571. The summed E-state index contributed by atoms with van der Waals surface area (Å²) in [5, 5.41) is 0. The topological polar surface area (TPSA) is 6.48 Å². The number of likely N-dealkylation sites (N-methyl/N-ethyl adjacent to an activating group) is 1. The van der Waals surface area contributed by atoms with Crippen molar-refractivity contribution in [2.75, 3.05) is 39.8 Å².